The molecule has 0 radical (unpaired) electrons. The first-order valence-electron chi connectivity index (χ1n) is 5.17. The molecule has 2 nitrogen and oxygen atoms in total. The van der Waals surface area contributed by atoms with Crippen molar-refractivity contribution < 1.29 is 4.79 Å². The van der Waals surface area contributed by atoms with E-state index in [1.165, 1.54) is 10.8 Å². The fraction of sp³-hybridized carbons (Fsp3) is 0.333. The number of anilines is 1. The van der Waals surface area contributed by atoms with Crippen molar-refractivity contribution in [3.63, 3.8) is 0 Å². The molecule has 15 heavy (non-hydrogen) atoms. The van der Waals surface area contributed by atoms with Gasteiger partial charge in [0.25, 0.3) is 0 Å². The molecule has 0 bridgehead atoms. The van der Waals surface area contributed by atoms with Crippen LogP contribution in [0.5, 0.6) is 0 Å². The molecule has 1 aliphatic carbocycles. The van der Waals surface area contributed by atoms with Gasteiger partial charge in [0.05, 0.1) is 0 Å². The van der Waals surface area contributed by atoms with Gasteiger partial charge < -0.3 is 0 Å². The van der Waals surface area contributed by atoms with Gasteiger partial charge in [-0.25, -0.2) is 0 Å². The topological polar surface area (TPSA) is 29.1 Å². The number of carbonyl (C=O) groups is 1. The summed E-state index contributed by atoms with van der Waals surface area (Å²) in [6, 6.07) is 8.02. The summed E-state index contributed by atoms with van der Waals surface area (Å²) in [6.07, 6.45) is 3.29. The molecular formula is C12H14AsNO. The van der Waals surface area contributed by atoms with Gasteiger partial charge in [0.15, 0.2) is 0 Å². The third kappa shape index (κ3) is 2.57. The fourth-order valence-electron chi connectivity index (χ4n) is 1.56. The van der Waals surface area contributed by atoms with Crippen molar-refractivity contribution in [3.05, 3.63) is 24.3 Å². The molecule has 0 aliphatic heterocycles. The van der Waals surface area contributed by atoms with Crippen LogP contribution < -0.4 is 9.67 Å². The quantitative estimate of drug-likeness (QED) is 0.815. The van der Waals surface area contributed by atoms with Gasteiger partial charge in [0.2, 0.25) is 0 Å². The Labute approximate surface area is 96.3 Å². The number of hydrogen-bond donors (Lipinski definition) is 1. The average molecular weight is 263 g/mol. The summed E-state index contributed by atoms with van der Waals surface area (Å²) in [5.74, 6) is 0.431. The Morgan fingerprint density at radius 2 is 2.00 bits per heavy atom. The molecule has 1 saturated carbocycles. The van der Waals surface area contributed by atoms with Crippen molar-refractivity contribution in [2.45, 2.75) is 19.3 Å². The van der Waals surface area contributed by atoms with Crippen molar-refractivity contribution >= 4 is 36.6 Å². The maximum absolute atomic E-state index is 11.6. The first kappa shape index (κ1) is 10.6. The van der Waals surface area contributed by atoms with Crippen LogP contribution in [0.25, 0.3) is 0 Å². The summed E-state index contributed by atoms with van der Waals surface area (Å²) in [5.41, 5.74) is 0.908. The van der Waals surface area contributed by atoms with Gasteiger partial charge in [0, 0.05) is 0 Å². The van der Waals surface area contributed by atoms with Gasteiger partial charge in [-0.05, 0) is 0 Å². The molecule has 0 atom stereocenters. The average Bonchev–Trinajstić information content (AvgIpc) is 2.16. The van der Waals surface area contributed by atoms with E-state index in [0.29, 0.717) is 0 Å². The molecule has 78 valence electrons. The van der Waals surface area contributed by atoms with Gasteiger partial charge in [0.1, 0.15) is 0 Å². The van der Waals surface area contributed by atoms with E-state index >= 15 is 0 Å². The van der Waals surface area contributed by atoms with Crippen molar-refractivity contribution in [2.75, 3.05) is 5.32 Å². The molecule has 3 heteroatoms. The van der Waals surface area contributed by atoms with Gasteiger partial charge >= 0.3 is 96.1 Å². The first-order valence-corrected chi connectivity index (χ1v) is 7.44. The van der Waals surface area contributed by atoms with Gasteiger partial charge in [-0.15, -0.1) is 0 Å². The number of amides is 1. The second-order valence-electron chi connectivity index (χ2n) is 3.82. The van der Waals surface area contributed by atoms with Crippen LogP contribution in [0.1, 0.15) is 19.3 Å². The fourth-order valence-corrected chi connectivity index (χ4v) is 2.32. The summed E-state index contributed by atoms with van der Waals surface area (Å²) in [6.45, 7) is 0. The van der Waals surface area contributed by atoms with E-state index in [2.05, 4.69) is 10.6 Å². The van der Waals surface area contributed by atoms with Gasteiger partial charge in [-0.2, -0.15) is 0 Å². The van der Waals surface area contributed by atoms with E-state index < -0.39 is 0 Å². The minimum atomic E-state index is 0.0380. The summed E-state index contributed by atoms with van der Waals surface area (Å²) >= 11 is 0.0380. The summed E-state index contributed by atoms with van der Waals surface area (Å²) in [7, 11) is 0. The molecule has 0 heterocycles. The molecular weight excluding hydrogens is 249 g/mol. The number of hydrogen-bond acceptors (Lipinski definition) is 1. The van der Waals surface area contributed by atoms with Crippen molar-refractivity contribution in [1.29, 1.82) is 0 Å². The Hall–Kier alpha value is -0.882. The first-order chi connectivity index (χ1) is 7.29. The van der Waals surface area contributed by atoms with Crippen LogP contribution in [0.15, 0.2) is 24.3 Å². The Morgan fingerprint density at radius 3 is 2.47 bits per heavy atom. The van der Waals surface area contributed by atoms with Gasteiger partial charge in [-0.3, -0.25) is 0 Å². The standard InChI is InChI=1S/C12H14AsNO/c1-13-10-5-7-11(8-6-10)14-12(15)9-3-2-4-9/h5-9H,1-4H2,(H,14,15). The number of carbonyl (C=O) groups excluding carboxylic acids is 1. The van der Waals surface area contributed by atoms with E-state index in [1.807, 2.05) is 24.3 Å². The summed E-state index contributed by atoms with van der Waals surface area (Å²) < 4.78 is 1.29. The number of rotatable bonds is 3. The van der Waals surface area contributed by atoms with Crippen LogP contribution in [-0.4, -0.2) is 26.5 Å². The molecule has 2 rings (SSSR count). The minimum absolute atomic E-state index is 0.0380. The predicted molar refractivity (Wildman–Crippen MR) is 64.9 cm³/mol. The summed E-state index contributed by atoms with van der Waals surface area (Å²) in [5, 5.41) is 6.85. The van der Waals surface area contributed by atoms with Crippen LogP contribution >= 0.6 is 0 Å². The normalized spacial score (nSPS) is 16.0. The molecule has 1 aromatic rings. The molecule has 1 N–H and O–H groups in total. The second-order valence-corrected chi connectivity index (χ2v) is 5.57. The predicted octanol–water partition coefficient (Wildman–Crippen LogP) is 1.19. The molecule has 0 aromatic heterocycles. The van der Waals surface area contributed by atoms with Crippen LogP contribution in [0.3, 0.4) is 0 Å². The zero-order valence-corrected chi connectivity index (χ0v) is 10.4. The van der Waals surface area contributed by atoms with Crippen LogP contribution in [-0.2, 0) is 4.79 Å². The maximum atomic E-state index is 11.6. The van der Waals surface area contributed by atoms with Crippen LogP contribution in [0.4, 0.5) is 5.69 Å². The number of nitrogens with one attached hydrogen (secondary N) is 1. The number of benzene rings is 1. The molecule has 0 unspecified atom stereocenters. The second kappa shape index (κ2) is 4.76. The Morgan fingerprint density at radius 1 is 1.33 bits per heavy atom. The van der Waals surface area contributed by atoms with Crippen molar-refractivity contribution in [2.24, 2.45) is 5.92 Å². The molecule has 1 amide bonds. The monoisotopic (exact) mass is 263 g/mol. The Balaban J connectivity index is 1.97. The SMILES string of the molecule is C=[As]c1ccc(NC(=O)C2CCC2)cc1. The van der Waals surface area contributed by atoms with E-state index in [0.717, 1.165) is 18.5 Å². The van der Waals surface area contributed by atoms with Crippen molar-refractivity contribution in [3.8, 4) is 0 Å². The Kier molecular flexibility index (Phi) is 3.37. The van der Waals surface area contributed by atoms with E-state index in [9.17, 15) is 4.79 Å². The molecule has 1 aliphatic rings. The summed E-state index contributed by atoms with van der Waals surface area (Å²) in [4.78, 5) is 11.6. The van der Waals surface area contributed by atoms with Crippen LogP contribution in [0, 0.1) is 5.92 Å². The van der Waals surface area contributed by atoms with E-state index in [-0.39, 0.29) is 27.1 Å². The molecule has 0 spiro atoms. The van der Waals surface area contributed by atoms with E-state index in [4.69, 9.17) is 0 Å². The zero-order valence-electron chi connectivity index (χ0n) is 8.57. The van der Waals surface area contributed by atoms with Gasteiger partial charge in [-0.1, -0.05) is 0 Å². The van der Waals surface area contributed by atoms with Crippen molar-refractivity contribution in [1.82, 2.24) is 0 Å². The molecule has 1 aromatic carbocycles. The third-order valence-corrected chi connectivity index (χ3v) is 4.19. The zero-order chi connectivity index (χ0) is 10.7. The Bertz CT molecular complexity index is 368. The third-order valence-electron chi connectivity index (χ3n) is 2.79. The van der Waals surface area contributed by atoms with Crippen LogP contribution in [0.2, 0.25) is 0 Å². The molecule has 1 fully saturated rings. The van der Waals surface area contributed by atoms with E-state index in [1.54, 1.807) is 0 Å². The molecule has 0 saturated heterocycles.